The van der Waals surface area contributed by atoms with Crippen LogP contribution in [0.2, 0.25) is 0 Å². The highest BCUT2D eigenvalue weighted by Gasteiger charge is 1.97. The average Bonchev–Trinajstić information content (AvgIpc) is 1.93. The molecule has 1 aromatic rings. The van der Waals surface area contributed by atoms with Crippen molar-refractivity contribution in [2.75, 3.05) is 5.32 Å². The van der Waals surface area contributed by atoms with Gasteiger partial charge in [-0.3, -0.25) is 0 Å². The molecule has 0 spiro atoms. The van der Waals surface area contributed by atoms with Crippen LogP contribution >= 0.6 is 22.6 Å². The van der Waals surface area contributed by atoms with Crippen LogP contribution in [0.1, 0.15) is 13.8 Å². The van der Waals surface area contributed by atoms with E-state index in [1.807, 2.05) is 12.1 Å². The molecule has 1 nitrogen and oxygen atoms in total. The second-order valence-corrected chi connectivity index (χ2v) is 3.94. The summed E-state index contributed by atoms with van der Waals surface area (Å²) < 4.78 is 1.28. The number of nitrogens with one attached hydrogen (secondary N) is 1. The summed E-state index contributed by atoms with van der Waals surface area (Å²) >= 11 is 2.33. The topological polar surface area (TPSA) is 12.0 Å². The molecule has 0 saturated heterocycles. The quantitative estimate of drug-likeness (QED) is 0.806. The van der Waals surface area contributed by atoms with Crippen molar-refractivity contribution in [3.63, 3.8) is 0 Å². The number of benzene rings is 1. The molecule has 11 heavy (non-hydrogen) atoms. The smallest absolute Gasteiger partial charge is 0.0477 e. The molecule has 0 bridgehead atoms. The van der Waals surface area contributed by atoms with Gasteiger partial charge in [0, 0.05) is 15.3 Å². The van der Waals surface area contributed by atoms with Gasteiger partial charge in [-0.05, 0) is 48.6 Å². The highest BCUT2D eigenvalue weighted by molar-refractivity contribution is 14.1. The summed E-state index contributed by atoms with van der Waals surface area (Å²) in [7, 11) is 0. The van der Waals surface area contributed by atoms with Crippen LogP contribution in [-0.2, 0) is 0 Å². The van der Waals surface area contributed by atoms with Crippen LogP contribution < -0.4 is 5.32 Å². The first-order chi connectivity index (χ1) is 5.20. The van der Waals surface area contributed by atoms with Gasteiger partial charge in [0.1, 0.15) is 0 Å². The third-order valence-electron chi connectivity index (χ3n) is 1.32. The zero-order valence-corrected chi connectivity index (χ0v) is 8.92. The molecule has 1 N–H and O–H groups in total. The lowest BCUT2D eigenvalue weighted by Crippen LogP contribution is -2.10. The Morgan fingerprint density at radius 1 is 1.27 bits per heavy atom. The van der Waals surface area contributed by atoms with Crippen molar-refractivity contribution in [1.29, 1.82) is 0 Å². The van der Waals surface area contributed by atoms with Gasteiger partial charge >= 0.3 is 0 Å². The lowest BCUT2D eigenvalue weighted by atomic mass is 10.3. The Labute approximate surface area is 81.3 Å². The Balaban J connectivity index is 2.78. The Kier molecular flexibility index (Phi) is 3.17. The molecule has 1 rings (SSSR count). The third kappa shape index (κ3) is 2.69. The second kappa shape index (κ2) is 3.95. The molecule has 0 aliphatic rings. The highest BCUT2D eigenvalue weighted by Crippen LogP contribution is 2.17. The van der Waals surface area contributed by atoms with Crippen molar-refractivity contribution >= 4 is 28.3 Å². The molecule has 0 atom stereocenters. The Morgan fingerprint density at radius 2 is 1.91 bits per heavy atom. The minimum atomic E-state index is 0.505. The van der Waals surface area contributed by atoms with Gasteiger partial charge < -0.3 is 5.32 Å². The van der Waals surface area contributed by atoms with Gasteiger partial charge in [-0.1, -0.05) is 12.1 Å². The van der Waals surface area contributed by atoms with Gasteiger partial charge in [0.15, 0.2) is 0 Å². The number of anilines is 1. The lowest BCUT2D eigenvalue weighted by Gasteiger charge is -2.10. The SMILES string of the molecule is CC(C)Nc1ccccc1I. The maximum atomic E-state index is 3.37. The summed E-state index contributed by atoms with van der Waals surface area (Å²) in [6, 6.07) is 8.80. The van der Waals surface area contributed by atoms with Crippen molar-refractivity contribution in [3.05, 3.63) is 27.8 Å². The molecule has 2 heteroatoms. The third-order valence-corrected chi connectivity index (χ3v) is 2.26. The second-order valence-electron chi connectivity index (χ2n) is 2.78. The minimum absolute atomic E-state index is 0.505. The fourth-order valence-electron chi connectivity index (χ4n) is 0.889. The predicted molar refractivity (Wildman–Crippen MR) is 57.9 cm³/mol. The van der Waals surface area contributed by atoms with E-state index >= 15 is 0 Å². The number of hydrogen-bond donors (Lipinski definition) is 1. The average molecular weight is 261 g/mol. The summed E-state index contributed by atoms with van der Waals surface area (Å²) in [6.07, 6.45) is 0. The van der Waals surface area contributed by atoms with E-state index in [0.717, 1.165) is 0 Å². The van der Waals surface area contributed by atoms with E-state index in [-0.39, 0.29) is 0 Å². The monoisotopic (exact) mass is 261 g/mol. The summed E-state index contributed by atoms with van der Waals surface area (Å²) in [5, 5.41) is 3.37. The zero-order chi connectivity index (χ0) is 8.27. The van der Waals surface area contributed by atoms with E-state index in [0.29, 0.717) is 6.04 Å². The molecule has 0 aliphatic heterocycles. The first-order valence-corrected chi connectivity index (χ1v) is 4.79. The molecule has 0 amide bonds. The van der Waals surface area contributed by atoms with Crippen LogP contribution in [0, 0.1) is 3.57 Å². The van der Waals surface area contributed by atoms with E-state index < -0.39 is 0 Å². The number of halogens is 1. The molecule has 60 valence electrons. The van der Waals surface area contributed by atoms with Crippen molar-refractivity contribution in [3.8, 4) is 0 Å². The van der Waals surface area contributed by atoms with Crippen LogP contribution in [0.4, 0.5) is 5.69 Å². The summed E-state index contributed by atoms with van der Waals surface area (Å²) in [5.41, 5.74) is 1.23. The van der Waals surface area contributed by atoms with Crippen molar-refractivity contribution < 1.29 is 0 Å². The van der Waals surface area contributed by atoms with Crippen LogP contribution in [-0.4, -0.2) is 6.04 Å². The Morgan fingerprint density at radius 3 is 2.45 bits per heavy atom. The highest BCUT2D eigenvalue weighted by atomic mass is 127. The number of para-hydroxylation sites is 1. The predicted octanol–water partition coefficient (Wildman–Crippen LogP) is 3.11. The van der Waals surface area contributed by atoms with E-state index in [1.54, 1.807) is 0 Å². The molecule has 0 heterocycles. The summed E-state index contributed by atoms with van der Waals surface area (Å²) in [5.74, 6) is 0. The van der Waals surface area contributed by atoms with Gasteiger partial charge in [-0.25, -0.2) is 0 Å². The van der Waals surface area contributed by atoms with Crippen LogP contribution in [0.5, 0.6) is 0 Å². The van der Waals surface area contributed by atoms with Crippen LogP contribution in [0.15, 0.2) is 24.3 Å². The largest absolute Gasteiger partial charge is 0.382 e. The maximum absolute atomic E-state index is 3.37. The van der Waals surface area contributed by atoms with Gasteiger partial charge in [-0.15, -0.1) is 0 Å². The normalized spacial score (nSPS) is 10.2. The Bertz CT molecular complexity index is 233. The van der Waals surface area contributed by atoms with Crippen LogP contribution in [0.25, 0.3) is 0 Å². The van der Waals surface area contributed by atoms with E-state index in [9.17, 15) is 0 Å². The fraction of sp³-hybridized carbons (Fsp3) is 0.333. The minimum Gasteiger partial charge on any atom is -0.382 e. The van der Waals surface area contributed by atoms with Crippen molar-refractivity contribution in [2.24, 2.45) is 0 Å². The number of hydrogen-bond acceptors (Lipinski definition) is 1. The first-order valence-electron chi connectivity index (χ1n) is 3.71. The Hall–Kier alpha value is -0.250. The molecule has 0 radical (unpaired) electrons. The van der Waals surface area contributed by atoms with E-state index in [1.165, 1.54) is 9.26 Å². The standard InChI is InChI=1S/C9H12IN/c1-7(2)11-9-6-4-3-5-8(9)10/h3-7,11H,1-2H3. The van der Waals surface area contributed by atoms with Crippen LogP contribution in [0.3, 0.4) is 0 Å². The van der Waals surface area contributed by atoms with Crippen molar-refractivity contribution in [1.82, 2.24) is 0 Å². The van der Waals surface area contributed by atoms with Gasteiger partial charge in [0.05, 0.1) is 0 Å². The molecule has 0 saturated carbocycles. The molecule has 0 unspecified atom stereocenters. The molecule has 0 aliphatic carbocycles. The fourth-order valence-corrected chi connectivity index (χ4v) is 1.43. The van der Waals surface area contributed by atoms with E-state index in [2.05, 4.69) is 53.9 Å². The molecule has 0 aromatic heterocycles. The van der Waals surface area contributed by atoms with Gasteiger partial charge in [-0.2, -0.15) is 0 Å². The summed E-state index contributed by atoms with van der Waals surface area (Å²) in [4.78, 5) is 0. The maximum Gasteiger partial charge on any atom is 0.0477 e. The van der Waals surface area contributed by atoms with Gasteiger partial charge in [0.2, 0.25) is 0 Å². The summed E-state index contributed by atoms with van der Waals surface area (Å²) in [6.45, 7) is 4.28. The molecular weight excluding hydrogens is 249 g/mol. The molecule has 1 aromatic carbocycles. The molecular formula is C9H12IN. The first kappa shape index (κ1) is 8.84. The zero-order valence-electron chi connectivity index (χ0n) is 6.76. The number of rotatable bonds is 2. The van der Waals surface area contributed by atoms with Crippen molar-refractivity contribution in [2.45, 2.75) is 19.9 Å². The molecule has 0 fully saturated rings. The van der Waals surface area contributed by atoms with Gasteiger partial charge in [0.25, 0.3) is 0 Å². The van der Waals surface area contributed by atoms with E-state index in [4.69, 9.17) is 0 Å². The lowest BCUT2D eigenvalue weighted by molar-refractivity contribution is 0.898.